The molecular formula is C17H24FNO2. The Hall–Kier alpha value is -1.42. The monoisotopic (exact) mass is 293 g/mol. The van der Waals surface area contributed by atoms with Crippen LogP contribution >= 0.6 is 0 Å². The third kappa shape index (κ3) is 4.27. The molecule has 0 amide bonds. The van der Waals surface area contributed by atoms with E-state index in [-0.39, 0.29) is 17.8 Å². The van der Waals surface area contributed by atoms with Gasteiger partial charge in [0.2, 0.25) is 0 Å². The molecule has 0 aliphatic carbocycles. The Kier molecular flexibility index (Phi) is 5.34. The van der Waals surface area contributed by atoms with Gasteiger partial charge in [0.15, 0.2) is 0 Å². The highest BCUT2D eigenvalue weighted by Crippen LogP contribution is 2.24. The number of piperidine rings is 1. The minimum atomic E-state index is -0.701. The maximum Gasteiger partial charge on any atom is 0.307 e. The van der Waals surface area contributed by atoms with E-state index in [0.717, 1.165) is 31.4 Å². The van der Waals surface area contributed by atoms with Crippen molar-refractivity contribution in [2.24, 2.45) is 11.8 Å². The summed E-state index contributed by atoms with van der Waals surface area (Å²) in [6.07, 6.45) is 2.45. The fourth-order valence-corrected chi connectivity index (χ4v) is 3.20. The average molecular weight is 293 g/mol. The Labute approximate surface area is 125 Å². The summed E-state index contributed by atoms with van der Waals surface area (Å²) in [5.74, 6) is -0.779. The van der Waals surface area contributed by atoms with Gasteiger partial charge in [0.1, 0.15) is 5.82 Å². The van der Waals surface area contributed by atoms with Crippen LogP contribution in [-0.4, -0.2) is 35.1 Å². The first kappa shape index (κ1) is 16.0. The summed E-state index contributed by atoms with van der Waals surface area (Å²) in [5, 5.41) is 9.23. The third-order valence-corrected chi connectivity index (χ3v) is 4.37. The van der Waals surface area contributed by atoms with Gasteiger partial charge >= 0.3 is 5.97 Å². The zero-order chi connectivity index (χ0) is 15.4. The van der Waals surface area contributed by atoms with E-state index in [1.54, 1.807) is 12.1 Å². The maximum absolute atomic E-state index is 13.3. The lowest BCUT2D eigenvalue weighted by Gasteiger charge is -2.39. The van der Waals surface area contributed by atoms with Gasteiger partial charge in [-0.1, -0.05) is 26.0 Å². The van der Waals surface area contributed by atoms with Gasteiger partial charge in [0.25, 0.3) is 0 Å². The molecular weight excluding hydrogens is 269 g/mol. The number of carboxylic acid groups (broad SMARTS) is 1. The van der Waals surface area contributed by atoms with E-state index in [2.05, 4.69) is 18.7 Å². The quantitative estimate of drug-likeness (QED) is 0.906. The molecule has 2 rings (SSSR count). The van der Waals surface area contributed by atoms with E-state index >= 15 is 0 Å². The van der Waals surface area contributed by atoms with E-state index in [4.69, 9.17) is 0 Å². The first-order valence-electron chi connectivity index (χ1n) is 7.68. The zero-order valence-corrected chi connectivity index (χ0v) is 12.8. The average Bonchev–Trinajstić information content (AvgIpc) is 2.44. The molecule has 2 unspecified atom stereocenters. The predicted octanol–water partition coefficient (Wildman–Crippen LogP) is 3.19. The van der Waals surface area contributed by atoms with Crippen LogP contribution in [0.25, 0.3) is 0 Å². The van der Waals surface area contributed by atoms with Gasteiger partial charge in [-0.3, -0.25) is 9.69 Å². The number of benzene rings is 1. The SMILES string of the molecule is CC(C)C(Cc1cccc(F)c1)N1CCCC(C(=O)O)C1. The second-order valence-electron chi connectivity index (χ2n) is 6.32. The summed E-state index contributed by atoms with van der Waals surface area (Å²) >= 11 is 0. The lowest BCUT2D eigenvalue weighted by atomic mass is 9.90. The molecule has 1 N–H and O–H groups in total. The van der Waals surface area contributed by atoms with Crippen LogP contribution in [-0.2, 0) is 11.2 Å². The third-order valence-electron chi connectivity index (χ3n) is 4.37. The van der Waals surface area contributed by atoms with Crippen LogP contribution in [0.15, 0.2) is 24.3 Å². The van der Waals surface area contributed by atoms with Crippen molar-refractivity contribution in [1.29, 1.82) is 0 Å². The van der Waals surface area contributed by atoms with Gasteiger partial charge in [-0.25, -0.2) is 4.39 Å². The number of carbonyl (C=O) groups is 1. The molecule has 4 heteroatoms. The lowest BCUT2D eigenvalue weighted by Crippen LogP contribution is -2.47. The smallest absolute Gasteiger partial charge is 0.307 e. The zero-order valence-electron chi connectivity index (χ0n) is 12.8. The van der Waals surface area contributed by atoms with Crippen LogP contribution in [0.5, 0.6) is 0 Å². The van der Waals surface area contributed by atoms with Crippen molar-refractivity contribution in [3.63, 3.8) is 0 Å². The summed E-state index contributed by atoms with van der Waals surface area (Å²) in [4.78, 5) is 13.5. The molecule has 1 heterocycles. The van der Waals surface area contributed by atoms with Crippen molar-refractivity contribution in [2.45, 2.75) is 39.2 Å². The molecule has 21 heavy (non-hydrogen) atoms. The summed E-state index contributed by atoms with van der Waals surface area (Å²) in [6, 6.07) is 6.97. The number of nitrogens with zero attached hydrogens (tertiary/aromatic N) is 1. The first-order chi connectivity index (χ1) is 9.97. The van der Waals surface area contributed by atoms with Crippen LogP contribution in [0.1, 0.15) is 32.3 Å². The molecule has 0 aromatic heterocycles. The summed E-state index contributed by atoms with van der Waals surface area (Å²) < 4.78 is 13.3. The van der Waals surface area contributed by atoms with Crippen molar-refractivity contribution < 1.29 is 14.3 Å². The second-order valence-corrected chi connectivity index (χ2v) is 6.32. The van der Waals surface area contributed by atoms with Crippen molar-refractivity contribution >= 4 is 5.97 Å². The maximum atomic E-state index is 13.3. The van der Waals surface area contributed by atoms with E-state index in [9.17, 15) is 14.3 Å². The number of carboxylic acids is 1. The van der Waals surface area contributed by atoms with Crippen LogP contribution in [0.2, 0.25) is 0 Å². The predicted molar refractivity (Wildman–Crippen MR) is 80.7 cm³/mol. The molecule has 1 aromatic rings. The highest BCUT2D eigenvalue weighted by Gasteiger charge is 2.30. The highest BCUT2D eigenvalue weighted by molar-refractivity contribution is 5.70. The number of aliphatic carboxylic acids is 1. The van der Waals surface area contributed by atoms with E-state index in [0.29, 0.717) is 12.5 Å². The largest absolute Gasteiger partial charge is 0.481 e. The van der Waals surface area contributed by atoms with Crippen molar-refractivity contribution in [1.82, 2.24) is 4.90 Å². The molecule has 0 spiro atoms. The van der Waals surface area contributed by atoms with Gasteiger partial charge in [-0.05, 0) is 49.4 Å². The lowest BCUT2D eigenvalue weighted by molar-refractivity contribution is -0.144. The summed E-state index contributed by atoms with van der Waals surface area (Å²) in [6.45, 7) is 5.83. The number of likely N-dealkylation sites (tertiary alicyclic amines) is 1. The first-order valence-corrected chi connectivity index (χ1v) is 7.68. The van der Waals surface area contributed by atoms with Gasteiger partial charge in [-0.2, -0.15) is 0 Å². The Morgan fingerprint density at radius 2 is 2.24 bits per heavy atom. The molecule has 0 saturated carbocycles. The van der Waals surface area contributed by atoms with Crippen LogP contribution < -0.4 is 0 Å². The van der Waals surface area contributed by atoms with Crippen molar-refractivity contribution in [3.8, 4) is 0 Å². The van der Waals surface area contributed by atoms with Gasteiger partial charge in [-0.15, -0.1) is 0 Å². The van der Waals surface area contributed by atoms with Crippen molar-refractivity contribution in [3.05, 3.63) is 35.6 Å². The molecule has 1 aromatic carbocycles. The summed E-state index contributed by atoms with van der Waals surface area (Å²) in [7, 11) is 0. The van der Waals surface area contributed by atoms with Crippen LogP contribution in [0, 0.1) is 17.7 Å². The Morgan fingerprint density at radius 1 is 1.48 bits per heavy atom. The Bertz CT molecular complexity index is 489. The van der Waals surface area contributed by atoms with Crippen molar-refractivity contribution in [2.75, 3.05) is 13.1 Å². The van der Waals surface area contributed by atoms with Gasteiger partial charge < -0.3 is 5.11 Å². The fourth-order valence-electron chi connectivity index (χ4n) is 3.20. The normalized spacial score (nSPS) is 21.4. The molecule has 1 fully saturated rings. The molecule has 0 bridgehead atoms. The topological polar surface area (TPSA) is 40.5 Å². The van der Waals surface area contributed by atoms with E-state index in [1.165, 1.54) is 6.07 Å². The molecule has 2 atom stereocenters. The second kappa shape index (κ2) is 7.03. The minimum Gasteiger partial charge on any atom is -0.481 e. The van der Waals surface area contributed by atoms with Crippen LogP contribution in [0.3, 0.4) is 0 Å². The molecule has 3 nitrogen and oxygen atoms in total. The Balaban J connectivity index is 2.09. The molecule has 1 aliphatic rings. The van der Waals surface area contributed by atoms with Crippen LogP contribution in [0.4, 0.5) is 4.39 Å². The minimum absolute atomic E-state index is 0.211. The number of hydrogen-bond donors (Lipinski definition) is 1. The standard InChI is InChI=1S/C17H24FNO2/c1-12(2)16(10-13-5-3-7-15(18)9-13)19-8-4-6-14(11-19)17(20)21/h3,5,7,9,12,14,16H,4,6,8,10-11H2,1-2H3,(H,20,21). The van der Waals surface area contributed by atoms with E-state index < -0.39 is 5.97 Å². The number of halogens is 1. The van der Waals surface area contributed by atoms with Gasteiger partial charge in [0.05, 0.1) is 5.92 Å². The molecule has 1 aliphatic heterocycles. The number of rotatable bonds is 5. The molecule has 0 radical (unpaired) electrons. The van der Waals surface area contributed by atoms with Gasteiger partial charge in [0, 0.05) is 12.6 Å². The fraction of sp³-hybridized carbons (Fsp3) is 0.588. The molecule has 1 saturated heterocycles. The Morgan fingerprint density at radius 3 is 2.86 bits per heavy atom. The highest BCUT2D eigenvalue weighted by atomic mass is 19.1. The number of hydrogen-bond acceptors (Lipinski definition) is 2. The molecule has 116 valence electrons. The summed E-state index contributed by atoms with van der Waals surface area (Å²) in [5.41, 5.74) is 0.978. The van der Waals surface area contributed by atoms with E-state index in [1.807, 2.05) is 6.07 Å².